The molecule has 10 nitrogen and oxygen atoms in total. The number of fused-ring (bicyclic) bond motifs is 1. The molecule has 1 aliphatic carbocycles. The summed E-state index contributed by atoms with van der Waals surface area (Å²) in [6, 6.07) is 7.74. The van der Waals surface area contributed by atoms with Crippen LogP contribution in [0.1, 0.15) is 43.9 Å². The van der Waals surface area contributed by atoms with Gasteiger partial charge >= 0.3 is 0 Å². The molecular formula is C29H40N2O8Si. The summed E-state index contributed by atoms with van der Waals surface area (Å²) in [6.45, 7) is 10.5. The van der Waals surface area contributed by atoms with E-state index in [0.29, 0.717) is 47.3 Å². The standard InChI is InChI=1S/C29H40N2O8Si/c1-29(2,3)40(8,9)39-24-14-18(10-13-23(24)34-4)21-15-19(31-38-17-26(32)30-33)11-12-20-22(21)16-25(35-5)28(37-7)27(20)36-6/h10,13-16,33H,11-12,17H2,1-9H3,(H,30,32). The fraction of sp³-hybridized carbons (Fsp3) is 0.448. The highest BCUT2D eigenvalue weighted by molar-refractivity contribution is 6.74. The number of hydroxylamine groups is 1. The van der Waals surface area contributed by atoms with Gasteiger partial charge in [-0.05, 0) is 71.9 Å². The zero-order valence-corrected chi connectivity index (χ0v) is 25.8. The molecule has 0 radical (unpaired) electrons. The Morgan fingerprint density at radius 3 is 2.20 bits per heavy atom. The maximum Gasteiger partial charge on any atom is 0.284 e. The monoisotopic (exact) mass is 572 g/mol. The highest BCUT2D eigenvalue weighted by Crippen LogP contribution is 2.47. The van der Waals surface area contributed by atoms with E-state index < -0.39 is 20.8 Å². The van der Waals surface area contributed by atoms with E-state index >= 15 is 0 Å². The normalized spacial score (nSPS) is 14.4. The van der Waals surface area contributed by atoms with Crippen molar-refractivity contribution in [2.45, 2.75) is 51.7 Å². The van der Waals surface area contributed by atoms with E-state index in [4.69, 9.17) is 33.4 Å². The molecule has 3 rings (SSSR count). The molecule has 0 saturated carbocycles. The molecule has 0 aromatic heterocycles. The van der Waals surface area contributed by atoms with E-state index in [1.54, 1.807) is 28.4 Å². The minimum Gasteiger partial charge on any atom is -0.541 e. The summed E-state index contributed by atoms with van der Waals surface area (Å²) in [5.41, 5.74) is 5.59. The fourth-order valence-electron chi connectivity index (χ4n) is 4.14. The first-order valence-corrected chi connectivity index (χ1v) is 15.8. The first-order chi connectivity index (χ1) is 18.9. The topological polar surface area (TPSA) is 117 Å². The van der Waals surface area contributed by atoms with Crippen LogP contribution in [0.5, 0.6) is 28.7 Å². The van der Waals surface area contributed by atoms with Gasteiger partial charge in [0.15, 0.2) is 23.9 Å². The van der Waals surface area contributed by atoms with Crippen LogP contribution in [0.4, 0.5) is 0 Å². The van der Waals surface area contributed by atoms with E-state index in [0.717, 1.165) is 22.3 Å². The Kier molecular flexibility index (Phi) is 9.75. The number of hydrogen-bond donors (Lipinski definition) is 2. The molecule has 11 heteroatoms. The molecular weight excluding hydrogens is 532 g/mol. The van der Waals surface area contributed by atoms with Crippen LogP contribution in [0.15, 0.2) is 35.5 Å². The fourth-order valence-corrected chi connectivity index (χ4v) is 5.16. The number of carbonyl (C=O) groups is 1. The summed E-state index contributed by atoms with van der Waals surface area (Å²) in [7, 11) is 4.17. The SMILES string of the molecule is COc1ccc(C2=CC(=NOCC(=O)NO)CCc3c2cc(OC)c(OC)c3OC)cc1O[Si](C)(C)C(C)(C)C. The molecule has 0 saturated heterocycles. The molecule has 0 heterocycles. The first kappa shape index (κ1) is 30.8. The number of nitrogens with one attached hydrogen (secondary N) is 1. The van der Waals surface area contributed by atoms with Gasteiger partial charge in [-0.1, -0.05) is 32.0 Å². The minimum absolute atomic E-state index is 0.0164. The van der Waals surface area contributed by atoms with Crippen LogP contribution in [-0.2, 0) is 16.1 Å². The number of nitrogens with zero attached hydrogens (tertiary/aromatic N) is 1. The van der Waals surface area contributed by atoms with Crippen LogP contribution >= 0.6 is 0 Å². The lowest BCUT2D eigenvalue weighted by atomic mass is 9.92. The lowest BCUT2D eigenvalue weighted by Crippen LogP contribution is -2.43. The lowest BCUT2D eigenvalue weighted by Gasteiger charge is -2.37. The van der Waals surface area contributed by atoms with Gasteiger partial charge in [-0.25, -0.2) is 5.48 Å². The summed E-state index contributed by atoms with van der Waals surface area (Å²) in [5.74, 6) is 2.17. The maximum absolute atomic E-state index is 11.5. The molecule has 0 atom stereocenters. The molecule has 2 aromatic rings. The molecule has 0 bridgehead atoms. The first-order valence-electron chi connectivity index (χ1n) is 12.9. The highest BCUT2D eigenvalue weighted by atomic mass is 28.4. The molecule has 0 aliphatic heterocycles. The Balaban J connectivity index is 2.25. The van der Waals surface area contributed by atoms with Crippen LogP contribution in [-0.4, -0.2) is 60.2 Å². The van der Waals surface area contributed by atoms with Gasteiger partial charge in [-0.3, -0.25) is 10.0 Å². The number of allylic oxidation sites excluding steroid dienone is 1. The zero-order valence-electron chi connectivity index (χ0n) is 24.8. The quantitative estimate of drug-likeness (QED) is 0.222. The maximum atomic E-state index is 11.5. The molecule has 40 heavy (non-hydrogen) atoms. The molecule has 0 unspecified atom stereocenters. The van der Waals surface area contributed by atoms with Crippen molar-refractivity contribution < 1.29 is 38.2 Å². The summed E-state index contributed by atoms with van der Waals surface area (Å²) in [4.78, 5) is 16.7. The summed E-state index contributed by atoms with van der Waals surface area (Å²) in [6.07, 6.45) is 2.95. The third-order valence-corrected chi connectivity index (χ3v) is 11.7. The second kappa shape index (κ2) is 12.6. The Bertz CT molecular complexity index is 1300. The van der Waals surface area contributed by atoms with E-state index in [1.807, 2.05) is 30.3 Å². The van der Waals surface area contributed by atoms with Crippen molar-refractivity contribution in [3.8, 4) is 28.7 Å². The molecule has 1 amide bonds. The predicted molar refractivity (Wildman–Crippen MR) is 156 cm³/mol. The van der Waals surface area contributed by atoms with Crippen LogP contribution < -0.4 is 28.9 Å². The number of methoxy groups -OCH3 is 4. The molecule has 218 valence electrons. The average Bonchev–Trinajstić information content (AvgIpc) is 3.10. The van der Waals surface area contributed by atoms with Gasteiger partial charge < -0.3 is 28.2 Å². The molecule has 0 spiro atoms. The van der Waals surface area contributed by atoms with Crippen molar-refractivity contribution >= 4 is 25.5 Å². The zero-order chi connectivity index (χ0) is 29.7. The smallest absolute Gasteiger partial charge is 0.284 e. The summed E-state index contributed by atoms with van der Waals surface area (Å²) >= 11 is 0. The Morgan fingerprint density at radius 1 is 0.950 bits per heavy atom. The van der Waals surface area contributed by atoms with Crippen molar-refractivity contribution in [3.63, 3.8) is 0 Å². The van der Waals surface area contributed by atoms with Crippen molar-refractivity contribution in [2.24, 2.45) is 5.16 Å². The van der Waals surface area contributed by atoms with Crippen molar-refractivity contribution in [1.82, 2.24) is 5.48 Å². The van der Waals surface area contributed by atoms with Crippen molar-refractivity contribution in [3.05, 3.63) is 47.0 Å². The number of ether oxygens (including phenoxy) is 4. The molecule has 1 aliphatic rings. The number of oxime groups is 1. The van der Waals surface area contributed by atoms with Crippen LogP contribution in [0.2, 0.25) is 18.1 Å². The van der Waals surface area contributed by atoms with Gasteiger partial charge in [0, 0.05) is 5.56 Å². The van der Waals surface area contributed by atoms with Gasteiger partial charge in [0.2, 0.25) is 5.75 Å². The molecule has 2 N–H and O–H groups in total. The van der Waals surface area contributed by atoms with Gasteiger partial charge in [0.1, 0.15) is 5.75 Å². The van der Waals surface area contributed by atoms with Gasteiger partial charge in [-0.2, -0.15) is 0 Å². The molecule has 0 fully saturated rings. The number of rotatable bonds is 10. The van der Waals surface area contributed by atoms with Crippen LogP contribution in [0.25, 0.3) is 5.57 Å². The van der Waals surface area contributed by atoms with Crippen molar-refractivity contribution in [2.75, 3.05) is 35.0 Å². The second-order valence-electron chi connectivity index (χ2n) is 10.8. The molecule has 2 aromatic carbocycles. The number of carbonyl (C=O) groups excluding carboxylic acids is 1. The van der Waals surface area contributed by atoms with Crippen LogP contribution in [0.3, 0.4) is 0 Å². The average molecular weight is 573 g/mol. The minimum atomic E-state index is -2.19. The summed E-state index contributed by atoms with van der Waals surface area (Å²) < 4.78 is 29.5. The second-order valence-corrected chi connectivity index (χ2v) is 15.6. The van der Waals surface area contributed by atoms with Gasteiger partial charge in [0.05, 0.1) is 34.2 Å². The third-order valence-electron chi connectivity index (χ3n) is 7.31. The van der Waals surface area contributed by atoms with E-state index in [2.05, 4.69) is 39.0 Å². The summed E-state index contributed by atoms with van der Waals surface area (Å²) in [5, 5.41) is 13.0. The largest absolute Gasteiger partial charge is 0.541 e. The van der Waals surface area contributed by atoms with E-state index in [9.17, 15) is 4.79 Å². The van der Waals surface area contributed by atoms with E-state index in [1.165, 1.54) is 5.48 Å². The Hall–Kier alpha value is -3.70. The number of amides is 1. The number of benzene rings is 2. The number of hydrogen-bond acceptors (Lipinski definition) is 9. The Morgan fingerprint density at radius 2 is 1.62 bits per heavy atom. The lowest BCUT2D eigenvalue weighted by molar-refractivity contribution is -0.133. The highest BCUT2D eigenvalue weighted by Gasteiger charge is 2.39. The van der Waals surface area contributed by atoms with Crippen molar-refractivity contribution in [1.29, 1.82) is 0 Å². The Labute approximate surface area is 236 Å². The van der Waals surface area contributed by atoms with Gasteiger partial charge in [0.25, 0.3) is 14.2 Å². The van der Waals surface area contributed by atoms with E-state index in [-0.39, 0.29) is 5.04 Å². The third kappa shape index (κ3) is 6.53. The van der Waals surface area contributed by atoms with Crippen LogP contribution in [0, 0.1) is 0 Å². The predicted octanol–water partition coefficient (Wildman–Crippen LogP) is 5.36. The van der Waals surface area contributed by atoms with Gasteiger partial charge in [-0.15, -0.1) is 0 Å².